The van der Waals surface area contributed by atoms with Gasteiger partial charge < -0.3 is 5.11 Å². The second kappa shape index (κ2) is 6.85. The van der Waals surface area contributed by atoms with E-state index >= 15 is 0 Å². The molecule has 0 saturated heterocycles. The summed E-state index contributed by atoms with van der Waals surface area (Å²) in [6, 6.07) is 7.43. The van der Waals surface area contributed by atoms with Crippen molar-refractivity contribution in [2.24, 2.45) is 4.99 Å². The predicted octanol–water partition coefficient (Wildman–Crippen LogP) is 3.78. The third-order valence-electron chi connectivity index (χ3n) is 1.89. The topological polar surface area (TPSA) is 62.5 Å². The van der Waals surface area contributed by atoms with Crippen molar-refractivity contribution >= 4 is 55.9 Å². The molecule has 2 rings (SSSR count). The minimum Gasteiger partial charge on any atom is -0.478 e. The van der Waals surface area contributed by atoms with Crippen LogP contribution in [0.3, 0.4) is 0 Å². The maximum Gasteiger partial charge on any atom is 0.328 e. The van der Waals surface area contributed by atoms with Gasteiger partial charge in [-0.05, 0) is 40.0 Å². The van der Waals surface area contributed by atoms with Crippen molar-refractivity contribution in [3.05, 3.63) is 45.6 Å². The summed E-state index contributed by atoms with van der Waals surface area (Å²) in [5.41, 5.74) is 0.782. The Balaban J connectivity index is 2.11. The third-order valence-corrected chi connectivity index (χ3v) is 4.88. The highest BCUT2D eigenvalue weighted by molar-refractivity contribution is 8.02. The van der Waals surface area contributed by atoms with E-state index in [4.69, 9.17) is 16.7 Å². The van der Waals surface area contributed by atoms with E-state index in [0.717, 1.165) is 16.7 Å². The summed E-state index contributed by atoms with van der Waals surface area (Å²) in [6.07, 6.45) is 1.10. The first-order valence-corrected chi connectivity index (χ1v) is 8.34. The fourth-order valence-corrected chi connectivity index (χ4v) is 3.74. The molecule has 0 radical (unpaired) electrons. The number of hydrogen-bond donors (Lipinski definition) is 1. The molecule has 0 amide bonds. The van der Waals surface area contributed by atoms with Crippen LogP contribution in [0.5, 0.6) is 0 Å². The van der Waals surface area contributed by atoms with Gasteiger partial charge in [-0.1, -0.05) is 23.4 Å². The van der Waals surface area contributed by atoms with Gasteiger partial charge in [0.25, 0.3) is 0 Å². The highest BCUT2D eigenvalue weighted by atomic mass is 35.5. The first kappa shape index (κ1) is 14.3. The zero-order valence-corrected chi connectivity index (χ0v) is 12.5. The fourth-order valence-electron chi connectivity index (χ4n) is 1.11. The van der Waals surface area contributed by atoms with Gasteiger partial charge in [-0.3, -0.25) is 0 Å². The number of halogens is 1. The molecular formula is C11H7ClN2O2S3. The molecule has 0 aliphatic heterocycles. The lowest BCUT2D eigenvalue weighted by Crippen LogP contribution is -1.92. The summed E-state index contributed by atoms with van der Waals surface area (Å²) >= 11 is 7.20. The third kappa shape index (κ3) is 4.46. The molecule has 0 aliphatic rings. The monoisotopic (exact) mass is 330 g/mol. The number of thioether (sulfide) groups is 1. The van der Waals surface area contributed by atoms with E-state index in [1.165, 1.54) is 38.0 Å². The molecule has 0 fully saturated rings. The van der Waals surface area contributed by atoms with Gasteiger partial charge in [-0.15, -0.1) is 0 Å². The van der Waals surface area contributed by atoms with E-state index < -0.39 is 5.97 Å². The number of carboxylic acid groups (broad SMARTS) is 1. The summed E-state index contributed by atoms with van der Waals surface area (Å²) in [5, 5.41) is 10.4. The molecule has 2 aromatic rings. The fraction of sp³-hybridized carbons (Fsp3) is 0. The Morgan fingerprint density at radius 1 is 1.42 bits per heavy atom. The lowest BCUT2D eigenvalue weighted by molar-refractivity contribution is -0.131. The molecule has 1 aromatic carbocycles. The highest BCUT2D eigenvalue weighted by Crippen LogP contribution is 2.22. The van der Waals surface area contributed by atoms with E-state index in [0.29, 0.717) is 9.82 Å². The van der Waals surface area contributed by atoms with E-state index in [-0.39, 0.29) is 0 Å². The smallest absolute Gasteiger partial charge is 0.328 e. The van der Waals surface area contributed by atoms with Crippen LogP contribution in [0.1, 0.15) is 0 Å². The van der Waals surface area contributed by atoms with Crippen LogP contribution in [0.25, 0.3) is 0 Å². The number of aromatic nitrogens is 1. The van der Waals surface area contributed by atoms with Crippen LogP contribution < -0.4 is 4.67 Å². The van der Waals surface area contributed by atoms with Gasteiger partial charge in [-0.2, -0.15) is 4.37 Å². The number of nitrogens with zero attached hydrogens (tertiary/aromatic N) is 2. The Kier molecular flexibility index (Phi) is 5.15. The minimum absolute atomic E-state index is 0.415. The van der Waals surface area contributed by atoms with Crippen molar-refractivity contribution < 1.29 is 9.90 Å². The molecule has 1 heterocycles. The predicted molar refractivity (Wildman–Crippen MR) is 79.3 cm³/mol. The normalized spacial score (nSPS) is 12.2. The molecule has 0 atom stereocenters. The summed E-state index contributed by atoms with van der Waals surface area (Å²) < 4.78 is 4.64. The summed E-state index contributed by atoms with van der Waals surface area (Å²) in [5.74, 6) is -0.958. The molecule has 4 nitrogen and oxygen atoms in total. The van der Waals surface area contributed by atoms with Gasteiger partial charge in [0.2, 0.25) is 0 Å². The number of rotatable bonds is 4. The Bertz CT molecular complexity index is 661. The number of aliphatic carboxylic acids is 1. The van der Waals surface area contributed by atoms with Gasteiger partial charge in [0.15, 0.2) is 9.82 Å². The van der Waals surface area contributed by atoms with Gasteiger partial charge in [-0.25, -0.2) is 9.79 Å². The van der Waals surface area contributed by atoms with Crippen molar-refractivity contribution in [1.29, 1.82) is 0 Å². The molecule has 0 saturated carbocycles. The number of hydrogen-bond acceptors (Lipinski definition) is 6. The van der Waals surface area contributed by atoms with Crippen molar-refractivity contribution in [1.82, 2.24) is 4.37 Å². The standard InChI is InChI=1S/C11H7ClN2O2S3/c12-10-11(18-19-14-10)13-7-1-3-8(4-2-7)17-6-5-9(15)16/h1-6H,(H,15,16)/b6-5+,13-11?. The highest BCUT2D eigenvalue weighted by Gasteiger charge is 1.98. The van der Waals surface area contributed by atoms with Crippen LogP contribution in [0.15, 0.2) is 45.6 Å². The number of carbonyl (C=O) groups is 1. The van der Waals surface area contributed by atoms with Crippen molar-refractivity contribution in [3.63, 3.8) is 0 Å². The first-order chi connectivity index (χ1) is 9.15. The summed E-state index contributed by atoms with van der Waals surface area (Å²) in [4.78, 5) is 15.6. The van der Waals surface area contributed by atoms with Crippen LogP contribution in [-0.2, 0) is 4.79 Å². The Morgan fingerprint density at radius 2 is 2.16 bits per heavy atom. The zero-order chi connectivity index (χ0) is 13.7. The number of carboxylic acids is 1. The van der Waals surface area contributed by atoms with Crippen LogP contribution in [0, 0.1) is 0 Å². The average Bonchev–Trinajstić information content (AvgIpc) is 2.77. The molecule has 1 N–H and O–H groups in total. The second-order valence-corrected chi connectivity index (χ2v) is 6.38. The zero-order valence-electron chi connectivity index (χ0n) is 9.32. The maximum absolute atomic E-state index is 10.3. The van der Waals surface area contributed by atoms with Gasteiger partial charge in [0, 0.05) is 21.5 Å². The van der Waals surface area contributed by atoms with Gasteiger partial charge >= 0.3 is 5.97 Å². The van der Waals surface area contributed by atoms with Gasteiger partial charge in [0.05, 0.1) is 5.69 Å². The molecular weight excluding hydrogens is 324 g/mol. The average molecular weight is 331 g/mol. The lowest BCUT2D eigenvalue weighted by Gasteiger charge is -1.96. The van der Waals surface area contributed by atoms with Crippen molar-refractivity contribution in [3.8, 4) is 0 Å². The largest absolute Gasteiger partial charge is 0.478 e. The number of benzene rings is 1. The quantitative estimate of drug-likeness (QED) is 0.526. The summed E-state index contributed by atoms with van der Waals surface area (Å²) in [6.45, 7) is 0. The molecule has 0 unspecified atom stereocenters. The Labute approximate surface area is 125 Å². The van der Waals surface area contributed by atoms with Crippen LogP contribution in [0.4, 0.5) is 5.69 Å². The molecule has 1 aromatic heterocycles. The van der Waals surface area contributed by atoms with E-state index in [2.05, 4.69) is 9.37 Å². The SMILES string of the molecule is O=C(O)/C=C/Sc1ccc(N=c2ssnc2Cl)cc1. The summed E-state index contributed by atoms with van der Waals surface area (Å²) in [7, 11) is 2.72. The minimum atomic E-state index is -0.958. The Morgan fingerprint density at radius 3 is 2.74 bits per heavy atom. The van der Waals surface area contributed by atoms with Crippen molar-refractivity contribution in [2.75, 3.05) is 0 Å². The Hall–Kier alpha value is -1.15. The van der Waals surface area contributed by atoms with Crippen molar-refractivity contribution in [2.45, 2.75) is 4.90 Å². The van der Waals surface area contributed by atoms with E-state index in [1.807, 2.05) is 24.3 Å². The molecule has 0 bridgehead atoms. The van der Waals surface area contributed by atoms with Crippen LogP contribution in [-0.4, -0.2) is 15.4 Å². The molecule has 98 valence electrons. The van der Waals surface area contributed by atoms with Gasteiger partial charge in [0.1, 0.15) is 0 Å². The second-order valence-electron chi connectivity index (χ2n) is 3.21. The van der Waals surface area contributed by atoms with E-state index in [1.54, 1.807) is 0 Å². The van der Waals surface area contributed by atoms with Crippen LogP contribution in [0.2, 0.25) is 5.15 Å². The lowest BCUT2D eigenvalue weighted by atomic mass is 10.3. The molecule has 0 aliphatic carbocycles. The maximum atomic E-state index is 10.3. The molecule has 8 heteroatoms. The van der Waals surface area contributed by atoms with E-state index in [9.17, 15) is 4.79 Å². The first-order valence-electron chi connectivity index (χ1n) is 4.97. The molecule has 0 spiro atoms. The van der Waals surface area contributed by atoms with Crippen LogP contribution >= 0.6 is 44.2 Å². The molecule has 19 heavy (non-hydrogen) atoms.